The Morgan fingerprint density at radius 2 is 2.15 bits per heavy atom. The molecule has 0 aromatic heterocycles. The van der Waals surface area contributed by atoms with E-state index in [0.717, 1.165) is 30.9 Å². The molecule has 0 saturated heterocycles. The van der Waals surface area contributed by atoms with Crippen LogP contribution in [0.25, 0.3) is 0 Å². The summed E-state index contributed by atoms with van der Waals surface area (Å²) >= 11 is 0. The Bertz CT molecular complexity index is 443. The first-order chi connectivity index (χ1) is 9.55. The Kier molecular flexibility index (Phi) is 4.92. The van der Waals surface area contributed by atoms with E-state index in [9.17, 15) is 0 Å². The SMILES string of the molecule is CCCCCOc1ccc2c(c1)OC(C)(C)CC2NC. The summed E-state index contributed by atoms with van der Waals surface area (Å²) in [6, 6.07) is 6.56. The summed E-state index contributed by atoms with van der Waals surface area (Å²) < 4.78 is 11.9. The van der Waals surface area contributed by atoms with Gasteiger partial charge >= 0.3 is 0 Å². The minimum absolute atomic E-state index is 0.137. The van der Waals surface area contributed by atoms with Crippen molar-refractivity contribution >= 4 is 0 Å². The highest BCUT2D eigenvalue weighted by Crippen LogP contribution is 2.40. The van der Waals surface area contributed by atoms with Crippen LogP contribution in [0.2, 0.25) is 0 Å². The van der Waals surface area contributed by atoms with Crippen molar-refractivity contribution in [3.8, 4) is 11.5 Å². The first kappa shape index (κ1) is 15.2. The lowest BCUT2D eigenvalue weighted by molar-refractivity contribution is 0.0671. The molecule has 112 valence electrons. The average molecular weight is 277 g/mol. The highest BCUT2D eigenvalue weighted by molar-refractivity contribution is 5.44. The Balaban J connectivity index is 2.09. The van der Waals surface area contributed by atoms with Crippen LogP contribution >= 0.6 is 0 Å². The van der Waals surface area contributed by atoms with Gasteiger partial charge in [-0.1, -0.05) is 25.8 Å². The predicted molar refractivity (Wildman–Crippen MR) is 82.6 cm³/mol. The van der Waals surface area contributed by atoms with Crippen LogP contribution in [0.4, 0.5) is 0 Å². The van der Waals surface area contributed by atoms with Crippen molar-refractivity contribution in [2.45, 2.75) is 58.1 Å². The normalized spacial score (nSPS) is 20.1. The molecular formula is C17H27NO2. The van der Waals surface area contributed by atoms with Gasteiger partial charge in [-0.2, -0.15) is 0 Å². The van der Waals surface area contributed by atoms with E-state index in [1.807, 2.05) is 13.1 Å². The minimum atomic E-state index is -0.137. The van der Waals surface area contributed by atoms with Gasteiger partial charge in [-0.15, -0.1) is 0 Å². The van der Waals surface area contributed by atoms with Crippen LogP contribution in [0.1, 0.15) is 58.1 Å². The van der Waals surface area contributed by atoms with Crippen LogP contribution in [0.15, 0.2) is 18.2 Å². The lowest BCUT2D eigenvalue weighted by atomic mass is 9.90. The van der Waals surface area contributed by atoms with Crippen LogP contribution in [0, 0.1) is 0 Å². The quantitative estimate of drug-likeness (QED) is 0.795. The summed E-state index contributed by atoms with van der Waals surface area (Å²) in [6.07, 6.45) is 4.53. The first-order valence-electron chi connectivity index (χ1n) is 7.69. The standard InChI is InChI=1S/C17H27NO2/c1-5-6-7-10-19-13-8-9-14-15(18-4)12-17(2,3)20-16(14)11-13/h8-9,11,15,18H,5-7,10,12H2,1-4H3. The van der Waals surface area contributed by atoms with Crippen molar-refractivity contribution in [1.29, 1.82) is 0 Å². The van der Waals surface area contributed by atoms with Gasteiger partial charge in [0, 0.05) is 24.1 Å². The molecule has 0 aliphatic carbocycles. The molecule has 1 unspecified atom stereocenters. The maximum Gasteiger partial charge on any atom is 0.128 e. The average Bonchev–Trinajstić information content (AvgIpc) is 2.41. The third kappa shape index (κ3) is 3.66. The lowest BCUT2D eigenvalue weighted by Gasteiger charge is -2.37. The molecule has 0 spiro atoms. The van der Waals surface area contributed by atoms with Gasteiger partial charge in [-0.25, -0.2) is 0 Å². The molecule has 3 nitrogen and oxygen atoms in total. The number of hydrogen-bond donors (Lipinski definition) is 1. The van der Waals surface area contributed by atoms with E-state index in [4.69, 9.17) is 9.47 Å². The molecular weight excluding hydrogens is 250 g/mol. The Morgan fingerprint density at radius 3 is 2.85 bits per heavy atom. The Morgan fingerprint density at radius 1 is 1.35 bits per heavy atom. The van der Waals surface area contributed by atoms with Crippen LogP contribution in [-0.2, 0) is 0 Å². The van der Waals surface area contributed by atoms with Gasteiger partial charge in [0.15, 0.2) is 0 Å². The minimum Gasteiger partial charge on any atom is -0.493 e. The number of hydrogen-bond acceptors (Lipinski definition) is 3. The second-order valence-electron chi connectivity index (χ2n) is 6.16. The van der Waals surface area contributed by atoms with E-state index >= 15 is 0 Å². The monoisotopic (exact) mass is 277 g/mol. The zero-order valence-corrected chi connectivity index (χ0v) is 13.2. The molecule has 1 aromatic carbocycles. The van der Waals surface area contributed by atoms with E-state index in [2.05, 4.69) is 38.2 Å². The molecule has 1 N–H and O–H groups in total. The van der Waals surface area contributed by atoms with E-state index in [0.29, 0.717) is 6.04 Å². The fourth-order valence-corrected chi connectivity index (χ4v) is 2.72. The van der Waals surface area contributed by atoms with Gasteiger partial charge in [-0.05, 0) is 33.4 Å². The predicted octanol–water partition coefficient (Wildman–Crippen LogP) is 4.08. The molecule has 2 rings (SSSR count). The Labute approximate surface area is 122 Å². The molecule has 1 atom stereocenters. The van der Waals surface area contributed by atoms with Gasteiger partial charge in [0.25, 0.3) is 0 Å². The van der Waals surface area contributed by atoms with E-state index in [1.54, 1.807) is 0 Å². The summed E-state index contributed by atoms with van der Waals surface area (Å²) in [7, 11) is 2.00. The van der Waals surface area contributed by atoms with Crippen LogP contribution in [0.5, 0.6) is 11.5 Å². The van der Waals surface area contributed by atoms with E-state index in [1.165, 1.54) is 18.4 Å². The van der Waals surface area contributed by atoms with Crippen molar-refractivity contribution in [3.63, 3.8) is 0 Å². The number of unbranched alkanes of at least 4 members (excludes halogenated alkanes) is 2. The number of benzene rings is 1. The molecule has 1 heterocycles. The second-order valence-corrected chi connectivity index (χ2v) is 6.16. The fraction of sp³-hybridized carbons (Fsp3) is 0.647. The zero-order valence-electron chi connectivity index (χ0n) is 13.2. The first-order valence-corrected chi connectivity index (χ1v) is 7.69. The molecule has 1 aliphatic heterocycles. The highest BCUT2D eigenvalue weighted by atomic mass is 16.5. The smallest absolute Gasteiger partial charge is 0.128 e. The maximum absolute atomic E-state index is 6.10. The molecule has 0 amide bonds. The molecule has 0 radical (unpaired) electrons. The Hall–Kier alpha value is -1.22. The van der Waals surface area contributed by atoms with Gasteiger partial charge in [0.05, 0.1) is 6.61 Å². The largest absolute Gasteiger partial charge is 0.493 e. The molecule has 1 aliphatic rings. The molecule has 0 saturated carbocycles. The van der Waals surface area contributed by atoms with E-state index < -0.39 is 0 Å². The maximum atomic E-state index is 6.10. The van der Waals surface area contributed by atoms with Crippen LogP contribution in [-0.4, -0.2) is 19.3 Å². The van der Waals surface area contributed by atoms with E-state index in [-0.39, 0.29) is 5.60 Å². The number of ether oxygens (including phenoxy) is 2. The molecule has 1 aromatic rings. The van der Waals surface area contributed by atoms with Gasteiger partial charge in [0.1, 0.15) is 17.1 Å². The lowest BCUT2D eigenvalue weighted by Crippen LogP contribution is -2.38. The fourth-order valence-electron chi connectivity index (χ4n) is 2.72. The summed E-state index contributed by atoms with van der Waals surface area (Å²) in [5, 5.41) is 3.37. The van der Waals surface area contributed by atoms with Crippen molar-refractivity contribution in [2.24, 2.45) is 0 Å². The van der Waals surface area contributed by atoms with Crippen molar-refractivity contribution in [1.82, 2.24) is 5.32 Å². The van der Waals surface area contributed by atoms with Crippen molar-refractivity contribution < 1.29 is 9.47 Å². The van der Waals surface area contributed by atoms with Crippen LogP contribution < -0.4 is 14.8 Å². The van der Waals surface area contributed by atoms with Crippen molar-refractivity contribution in [3.05, 3.63) is 23.8 Å². The second kappa shape index (κ2) is 6.49. The summed E-state index contributed by atoms with van der Waals surface area (Å²) in [4.78, 5) is 0. The third-order valence-corrected chi connectivity index (χ3v) is 3.81. The molecule has 3 heteroatoms. The van der Waals surface area contributed by atoms with Gasteiger partial charge < -0.3 is 14.8 Å². The highest BCUT2D eigenvalue weighted by Gasteiger charge is 2.33. The zero-order chi connectivity index (χ0) is 14.6. The molecule has 20 heavy (non-hydrogen) atoms. The number of nitrogens with one attached hydrogen (secondary N) is 1. The van der Waals surface area contributed by atoms with Crippen molar-refractivity contribution in [2.75, 3.05) is 13.7 Å². The topological polar surface area (TPSA) is 30.5 Å². The third-order valence-electron chi connectivity index (χ3n) is 3.81. The number of fused-ring (bicyclic) bond motifs is 1. The molecule has 0 bridgehead atoms. The van der Waals surface area contributed by atoms with Crippen LogP contribution in [0.3, 0.4) is 0 Å². The van der Waals surface area contributed by atoms with Gasteiger partial charge in [0.2, 0.25) is 0 Å². The summed E-state index contributed by atoms with van der Waals surface area (Å²) in [6.45, 7) is 7.25. The number of rotatable bonds is 6. The van der Waals surface area contributed by atoms with Gasteiger partial charge in [-0.3, -0.25) is 0 Å². The molecule has 0 fully saturated rings. The summed E-state index contributed by atoms with van der Waals surface area (Å²) in [5.41, 5.74) is 1.09. The summed E-state index contributed by atoms with van der Waals surface area (Å²) in [5.74, 6) is 1.86.